The van der Waals surface area contributed by atoms with Crippen LogP contribution in [0.4, 0.5) is 46.5 Å². The van der Waals surface area contributed by atoms with E-state index in [0.717, 1.165) is 0 Å². The smallest absolute Gasteiger partial charge is 0.433 e. The van der Waals surface area contributed by atoms with Crippen LogP contribution < -0.4 is 9.64 Å². The summed E-state index contributed by atoms with van der Waals surface area (Å²) in [6.07, 6.45) is -2.69. The zero-order chi connectivity index (χ0) is 23.2. The number of alkyl halides is 9. The quantitative estimate of drug-likeness (QED) is 0.263. The summed E-state index contributed by atoms with van der Waals surface area (Å²) in [5.41, 5.74) is -5.86. The van der Waals surface area contributed by atoms with Gasteiger partial charge in [0.25, 0.3) is 0 Å². The average Bonchev–Trinajstić information content (AvgIpc) is 2.64. The van der Waals surface area contributed by atoms with Gasteiger partial charge in [-0.25, -0.2) is 4.39 Å². The Morgan fingerprint density at radius 2 is 1.65 bits per heavy atom. The molecule has 0 fully saturated rings. The second-order valence-corrected chi connectivity index (χ2v) is 8.26. The van der Waals surface area contributed by atoms with Crippen LogP contribution in [-0.2, 0) is 5.67 Å². The average molecular weight is 581 g/mol. The van der Waals surface area contributed by atoms with E-state index in [1.165, 1.54) is 20.8 Å². The van der Waals surface area contributed by atoms with E-state index in [1.54, 1.807) is 36.4 Å². The molecule has 0 aromatic heterocycles. The maximum atomic E-state index is 14.8. The van der Waals surface area contributed by atoms with Gasteiger partial charge in [-0.05, 0) is 55.6 Å². The van der Waals surface area contributed by atoms with Gasteiger partial charge in [-0.15, -0.1) is 0 Å². The molecule has 1 atom stereocenters. The molecule has 0 radical (unpaired) electrons. The Morgan fingerprint density at radius 3 is 2.23 bits per heavy atom. The lowest BCUT2D eigenvalue weighted by Gasteiger charge is -2.34. The second kappa shape index (κ2) is 8.27. The lowest BCUT2D eigenvalue weighted by atomic mass is 9.94. The van der Waals surface area contributed by atoms with E-state index < -0.39 is 34.6 Å². The Labute approximate surface area is 187 Å². The number of para-hydroxylation sites is 1. The minimum atomic E-state index is -6.08. The fraction of sp³-hybridized carbons (Fsp3) is 0.263. The van der Waals surface area contributed by atoms with Crippen LogP contribution in [-0.4, -0.2) is 24.2 Å². The van der Waals surface area contributed by atoms with Crippen molar-refractivity contribution in [3.05, 3.63) is 58.1 Å². The predicted molar refractivity (Wildman–Crippen MR) is 106 cm³/mol. The molecule has 0 amide bonds. The van der Waals surface area contributed by atoms with Gasteiger partial charge in [0.1, 0.15) is 0 Å². The number of hydrogen-bond donors (Lipinski definition) is 0. The van der Waals surface area contributed by atoms with Crippen molar-refractivity contribution in [2.75, 3.05) is 11.4 Å². The Bertz CT molecular complexity index is 989. The fourth-order valence-corrected chi connectivity index (χ4v) is 4.29. The monoisotopic (exact) mass is 579 g/mol. The van der Waals surface area contributed by atoms with Gasteiger partial charge in [0.15, 0.2) is 5.75 Å². The van der Waals surface area contributed by atoms with Gasteiger partial charge in [0.05, 0.1) is 5.69 Å². The van der Waals surface area contributed by atoms with Crippen LogP contribution in [0.5, 0.6) is 5.75 Å². The molecule has 0 saturated heterocycles. The summed E-state index contributed by atoms with van der Waals surface area (Å²) >= 11 is 4.35. The van der Waals surface area contributed by atoms with E-state index in [1.807, 2.05) is 0 Å². The zero-order valence-electron chi connectivity index (χ0n) is 15.0. The second-order valence-electron chi connectivity index (χ2n) is 6.41. The highest BCUT2D eigenvalue weighted by atomic mass is 79.9. The molecule has 1 aliphatic heterocycles. The standard InChI is InChI=1S/C19H11Br2F8NO/c20-12-8-11(17(24,18(21,25)26)19(27,28)29)9-14(31-16(22)23)15(12)30-7-3-5-10-4-1-2-6-13(10)30/h1-6,8-9,16H,7H2. The maximum Gasteiger partial charge on any atom is 0.433 e. The SMILES string of the molecule is FC(F)Oc1cc(C(F)(C(F)(F)F)C(F)(F)Br)cc(Br)c1N1CC=Cc2ccccc21. The van der Waals surface area contributed by atoms with Crippen molar-refractivity contribution in [2.45, 2.75) is 23.3 Å². The molecule has 0 aliphatic carbocycles. The summed E-state index contributed by atoms with van der Waals surface area (Å²) in [4.78, 5) is -3.68. The third-order valence-corrected chi connectivity index (χ3v) is 5.66. The summed E-state index contributed by atoms with van der Waals surface area (Å²) in [6.45, 7) is -3.41. The van der Waals surface area contributed by atoms with Crippen LogP contribution >= 0.6 is 31.9 Å². The van der Waals surface area contributed by atoms with Crippen LogP contribution in [0.3, 0.4) is 0 Å². The molecule has 0 spiro atoms. The lowest BCUT2D eigenvalue weighted by molar-refractivity contribution is -0.282. The van der Waals surface area contributed by atoms with Crippen molar-refractivity contribution in [3.63, 3.8) is 0 Å². The molecule has 1 heterocycles. The zero-order valence-corrected chi connectivity index (χ0v) is 18.2. The summed E-state index contributed by atoms with van der Waals surface area (Å²) in [5.74, 6) is -0.910. The number of ether oxygens (including phenoxy) is 1. The molecule has 0 saturated carbocycles. The van der Waals surface area contributed by atoms with Gasteiger partial charge < -0.3 is 9.64 Å². The molecule has 168 valence electrons. The first kappa shape index (κ1) is 23.8. The minimum absolute atomic E-state index is 0.100. The number of anilines is 2. The van der Waals surface area contributed by atoms with Crippen LogP contribution in [0.2, 0.25) is 0 Å². The molecular formula is C19H11Br2F8NO. The minimum Gasteiger partial charge on any atom is -0.433 e. The molecule has 1 unspecified atom stereocenters. The van der Waals surface area contributed by atoms with E-state index in [4.69, 9.17) is 0 Å². The largest absolute Gasteiger partial charge is 0.433 e. The van der Waals surface area contributed by atoms with E-state index in [2.05, 4.69) is 20.7 Å². The number of fused-ring (bicyclic) bond motifs is 1. The van der Waals surface area contributed by atoms with E-state index in [-0.39, 0.29) is 22.8 Å². The van der Waals surface area contributed by atoms with E-state index >= 15 is 0 Å². The molecule has 2 aromatic rings. The Kier molecular flexibility index (Phi) is 6.36. The van der Waals surface area contributed by atoms with Crippen LogP contribution in [0.25, 0.3) is 6.08 Å². The molecule has 0 N–H and O–H groups in total. The first-order chi connectivity index (χ1) is 14.3. The summed E-state index contributed by atoms with van der Waals surface area (Å²) < 4.78 is 112. The Morgan fingerprint density at radius 1 is 1.00 bits per heavy atom. The number of rotatable bonds is 5. The predicted octanol–water partition coefficient (Wildman–Crippen LogP) is 7.93. The number of halogens is 10. The highest BCUT2D eigenvalue weighted by Gasteiger charge is 2.71. The Hall–Kier alpha value is -1.82. The summed E-state index contributed by atoms with van der Waals surface area (Å²) in [5, 5.41) is 0. The molecule has 2 nitrogen and oxygen atoms in total. The number of benzene rings is 2. The van der Waals surface area contributed by atoms with Crippen LogP contribution in [0.1, 0.15) is 11.1 Å². The lowest BCUT2D eigenvalue weighted by Crippen LogP contribution is -2.49. The molecule has 3 rings (SSSR count). The summed E-state index contributed by atoms with van der Waals surface area (Å²) in [7, 11) is 0. The third kappa shape index (κ3) is 4.28. The maximum absolute atomic E-state index is 14.8. The summed E-state index contributed by atoms with van der Waals surface area (Å²) in [6, 6.07) is 7.35. The van der Waals surface area contributed by atoms with Crippen molar-refractivity contribution in [3.8, 4) is 5.75 Å². The van der Waals surface area contributed by atoms with Gasteiger partial charge >= 0.3 is 23.3 Å². The van der Waals surface area contributed by atoms with Crippen molar-refractivity contribution < 1.29 is 39.9 Å². The molecule has 12 heteroatoms. The third-order valence-electron chi connectivity index (χ3n) is 4.51. The van der Waals surface area contributed by atoms with Crippen LogP contribution in [0, 0.1) is 0 Å². The van der Waals surface area contributed by atoms with Gasteiger partial charge in [-0.1, -0.05) is 30.4 Å². The number of nitrogens with zero attached hydrogens (tertiary/aromatic N) is 1. The fourth-order valence-electron chi connectivity index (χ4n) is 3.18. The van der Waals surface area contributed by atoms with E-state index in [9.17, 15) is 35.1 Å². The first-order valence-corrected chi connectivity index (χ1v) is 10.00. The molecular weight excluding hydrogens is 570 g/mol. The van der Waals surface area contributed by atoms with E-state index in [0.29, 0.717) is 17.3 Å². The molecule has 2 aromatic carbocycles. The highest BCUT2D eigenvalue weighted by molar-refractivity contribution is 9.10. The normalized spacial score (nSPS) is 16.3. The van der Waals surface area contributed by atoms with Crippen molar-refractivity contribution in [1.82, 2.24) is 0 Å². The topological polar surface area (TPSA) is 12.5 Å². The van der Waals surface area contributed by atoms with Crippen molar-refractivity contribution in [2.24, 2.45) is 0 Å². The molecule has 1 aliphatic rings. The molecule has 31 heavy (non-hydrogen) atoms. The van der Waals surface area contributed by atoms with Crippen LogP contribution in [0.15, 0.2) is 46.9 Å². The first-order valence-electron chi connectivity index (χ1n) is 8.41. The molecule has 0 bridgehead atoms. The highest BCUT2D eigenvalue weighted by Crippen LogP contribution is 2.57. The van der Waals surface area contributed by atoms with Gasteiger partial charge in [-0.3, -0.25) is 0 Å². The number of hydrogen-bond acceptors (Lipinski definition) is 2. The van der Waals surface area contributed by atoms with Gasteiger partial charge in [0, 0.05) is 22.3 Å². The van der Waals surface area contributed by atoms with Crippen molar-refractivity contribution >= 4 is 49.3 Å². The Balaban J connectivity index is 2.26. The van der Waals surface area contributed by atoms with Gasteiger partial charge in [0.2, 0.25) is 0 Å². The van der Waals surface area contributed by atoms with Crippen molar-refractivity contribution in [1.29, 1.82) is 0 Å². The van der Waals surface area contributed by atoms with Gasteiger partial charge in [-0.2, -0.15) is 30.7 Å².